The zero-order valence-corrected chi connectivity index (χ0v) is 9.15. The lowest BCUT2D eigenvalue weighted by Crippen LogP contribution is -1.96. The minimum Gasteiger partial charge on any atom is -0.478 e. The van der Waals surface area contributed by atoms with Crippen LogP contribution in [0, 0.1) is 6.92 Å². The summed E-state index contributed by atoms with van der Waals surface area (Å²) in [6.07, 6.45) is 0. The van der Waals surface area contributed by atoms with E-state index in [9.17, 15) is 4.79 Å². The summed E-state index contributed by atoms with van der Waals surface area (Å²) in [5.74, 6) is -0.888. The third kappa shape index (κ3) is 1.40. The number of aryl methyl sites for hydroxylation is 1. The van der Waals surface area contributed by atoms with Gasteiger partial charge >= 0.3 is 5.97 Å². The summed E-state index contributed by atoms with van der Waals surface area (Å²) in [5, 5.41) is 9.75. The fraction of sp³-hybridized carbons (Fsp3) is 0.100. The predicted molar refractivity (Wildman–Crippen MR) is 60.8 cm³/mol. The van der Waals surface area contributed by atoms with Gasteiger partial charge in [0.2, 0.25) is 0 Å². The molecule has 0 aliphatic heterocycles. The molecule has 0 atom stereocenters. The number of benzene rings is 1. The van der Waals surface area contributed by atoms with Crippen LogP contribution in [0.2, 0.25) is 0 Å². The van der Waals surface area contributed by atoms with Crippen LogP contribution in [-0.4, -0.2) is 11.1 Å². The van der Waals surface area contributed by atoms with E-state index in [1.165, 1.54) is 11.3 Å². The number of thiol groups is 1. The van der Waals surface area contributed by atoms with Gasteiger partial charge in [0.25, 0.3) is 0 Å². The molecule has 1 aromatic carbocycles. The van der Waals surface area contributed by atoms with Gasteiger partial charge in [-0.2, -0.15) is 0 Å². The number of fused-ring (bicyclic) bond motifs is 1. The molecule has 0 saturated carbocycles. The summed E-state index contributed by atoms with van der Waals surface area (Å²) in [6, 6.07) is 5.27. The highest BCUT2D eigenvalue weighted by Crippen LogP contribution is 2.32. The summed E-state index contributed by atoms with van der Waals surface area (Å²) in [5.41, 5.74) is 1.44. The van der Waals surface area contributed by atoms with Crippen molar-refractivity contribution in [3.63, 3.8) is 0 Å². The van der Waals surface area contributed by atoms with E-state index in [2.05, 4.69) is 12.6 Å². The van der Waals surface area contributed by atoms with Crippen molar-refractivity contribution in [2.24, 2.45) is 0 Å². The molecule has 4 heteroatoms. The van der Waals surface area contributed by atoms with Gasteiger partial charge in [0, 0.05) is 10.1 Å². The SMILES string of the molecule is Cc1ccc(C(=O)O)c2cc(S)sc12. The quantitative estimate of drug-likeness (QED) is 0.730. The van der Waals surface area contributed by atoms with E-state index in [1.807, 2.05) is 13.0 Å². The lowest BCUT2D eigenvalue weighted by molar-refractivity contribution is 0.0699. The number of hydrogen-bond acceptors (Lipinski definition) is 3. The van der Waals surface area contributed by atoms with Crippen molar-refractivity contribution in [2.75, 3.05) is 0 Å². The summed E-state index contributed by atoms with van der Waals surface area (Å²) >= 11 is 5.74. The fourth-order valence-electron chi connectivity index (χ4n) is 1.43. The molecule has 0 spiro atoms. The molecule has 14 heavy (non-hydrogen) atoms. The van der Waals surface area contributed by atoms with Crippen LogP contribution in [0.15, 0.2) is 22.4 Å². The van der Waals surface area contributed by atoms with Crippen LogP contribution in [0.5, 0.6) is 0 Å². The van der Waals surface area contributed by atoms with Crippen molar-refractivity contribution >= 4 is 40.0 Å². The largest absolute Gasteiger partial charge is 0.478 e. The van der Waals surface area contributed by atoms with Gasteiger partial charge in [0.05, 0.1) is 9.77 Å². The van der Waals surface area contributed by atoms with E-state index >= 15 is 0 Å². The molecule has 2 nitrogen and oxygen atoms in total. The predicted octanol–water partition coefficient (Wildman–Crippen LogP) is 3.20. The van der Waals surface area contributed by atoms with Crippen LogP contribution in [0.3, 0.4) is 0 Å². The van der Waals surface area contributed by atoms with Crippen molar-refractivity contribution in [1.82, 2.24) is 0 Å². The maximum Gasteiger partial charge on any atom is 0.336 e. The molecule has 0 saturated heterocycles. The Morgan fingerprint density at radius 1 is 1.50 bits per heavy atom. The molecule has 0 unspecified atom stereocenters. The Morgan fingerprint density at radius 2 is 2.21 bits per heavy atom. The van der Waals surface area contributed by atoms with Crippen molar-refractivity contribution in [3.8, 4) is 0 Å². The number of carboxylic acids is 1. The maximum absolute atomic E-state index is 10.9. The first-order valence-corrected chi connectivity index (χ1v) is 5.31. The van der Waals surface area contributed by atoms with E-state index < -0.39 is 5.97 Å². The number of thiophene rings is 1. The van der Waals surface area contributed by atoms with Crippen LogP contribution < -0.4 is 0 Å². The van der Waals surface area contributed by atoms with Crippen molar-refractivity contribution in [1.29, 1.82) is 0 Å². The van der Waals surface area contributed by atoms with Crippen molar-refractivity contribution < 1.29 is 9.90 Å². The smallest absolute Gasteiger partial charge is 0.336 e. The first-order chi connectivity index (χ1) is 6.59. The zero-order chi connectivity index (χ0) is 10.3. The Balaban J connectivity index is 2.87. The average Bonchev–Trinajstić information content (AvgIpc) is 2.47. The van der Waals surface area contributed by atoms with Crippen molar-refractivity contribution in [3.05, 3.63) is 29.3 Å². The first kappa shape index (κ1) is 9.55. The third-order valence-electron chi connectivity index (χ3n) is 2.10. The maximum atomic E-state index is 10.9. The number of carboxylic acid groups (broad SMARTS) is 1. The Labute approximate surface area is 90.6 Å². The molecule has 1 aromatic heterocycles. The van der Waals surface area contributed by atoms with Crippen LogP contribution in [0.25, 0.3) is 10.1 Å². The monoisotopic (exact) mass is 224 g/mol. The van der Waals surface area contributed by atoms with Gasteiger partial charge in [-0.1, -0.05) is 6.07 Å². The highest BCUT2D eigenvalue weighted by Gasteiger charge is 2.11. The van der Waals surface area contributed by atoms with Crippen LogP contribution in [-0.2, 0) is 0 Å². The Kier molecular flexibility index (Phi) is 2.25. The highest BCUT2D eigenvalue weighted by molar-refractivity contribution is 7.83. The minimum absolute atomic E-state index is 0.349. The van der Waals surface area contributed by atoms with Gasteiger partial charge in [-0.15, -0.1) is 24.0 Å². The normalized spacial score (nSPS) is 10.7. The molecular weight excluding hydrogens is 216 g/mol. The molecule has 0 aliphatic rings. The molecule has 0 aliphatic carbocycles. The summed E-state index contributed by atoms with van der Waals surface area (Å²) in [6.45, 7) is 1.97. The molecule has 0 fully saturated rings. The van der Waals surface area contributed by atoms with Gasteiger partial charge in [0.1, 0.15) is 0 Å². The minimum atomic E-state index is -0.888. The Morgan fingerprint density at radius 3 is 2.86 bits per heavy atom. The van der Waals surface area contributed by atoms with Gasteiger partial charge in [0.15, 0.2) is 0 Å². The fourth-order valence-corrected chi connectivity index (χ4v) is 2.73. The lowest BCUT2D eigenvalue weighted by Gasteiger charge is -1.99. The molecule has 0 amide bonds. The zero-order valence-electron chi connectivity index (χ0n) is 7.44. The van der Waals surface area contributed by atoms with Crippen LogP contribution in [0.4, 0.5) is 0 Å². The molecule has 1 heterocycles. The molecule has 2 rings (SSSR count). The number of aromatic carboxylic acids is 1. The molecule has 72 valence electrons. The average molecular weight is 224 g/mol. The molecular formula is C10H8O2S2. The first-order valence-electron chi connectivity index (χ1n) is 4.05. The van der Waals surface area contributed by atoms with Crippen molar-refractivity contribution in [2.45, 2.75) is 11.1 Å². The lowest BCUT2D eigenvalue weighted by atomic mass is 10.1. The van der Waals surface area contributed by atoms with Crippen LogP contribution >= 0.6 is 24.0 Å². The Hall–Kier alpha value is -1.000. The molecule has 0 radical (unpaired) electrons. The molecule has 2 aromatic rings. The summed E-state index contributed by atoms with van der Waals surface area (Å²) < 4.78 is 1.85. The number of rotatable bonds is 1. The summed E-state index contributed by atoms with van der Waals surface area (Å²) in [4.78, 5) is 10.9. The number of hydrogen-bond donors (Lipinski definition) is 2. The van der Waals surface area contributed by atoms with Gasteiger partial charge < -0.3 is 5.11 Å². The second-order valence-electron chi connectivity index (χ2n) is 3.06. The molecule has 1 N–H and O–H groups in total. The van der Waals surface area contributed by atoms with E-state index in [-0.39, 0.29) is 0 Å². The van der Waals surface area contributed by atoms with E-state index in [0.717, 1.165) is 19.9 Å². The highest BCUT2D eigenvalue weighted by atomic mass is 32.2. The van der Waals surface area contributed by atoms with E-state index in [1.54, 1.807) is 12.1 Å². The summed E-state index contributed by atoms with van der Waals surface area (Å²) in [7, 11) is 0. The topological polar surface area (TPSA) is 37.3 Å². The second kappa shape index (κ2) is 3.29. The van der Waals surface area contributed by atoms with Crippen LogP contribution in [0.1, 0.15) is 15.9 Å². The van der Waals surface area contributed by atoms with E-state index in [0.29, 0.717) is 5.56 Å². The van der Waals surface area contributed by atoms with E-state index in [4.69, 9.17) is 5.11 Å². The number of carbonyl (C=O) groups is 1. The van der Waals surface area contributed by atoms with Gasteiger partial charge in [-0.05, 0) is 24.6 Å². The van der Waals surface area contributed by atoms with Gasteiger partial charge in [-0.25, -0.2) is 4.79 Å². The molecule has 0 bridgehead atoms. The standard InChI is InChI=1S/C10H8O2S2/c1-5-2-3-6(10(11)12)7-4-8(13)14-9(5)7/h2-4,13H,1H3,(H,11,12). The second-order valence-corrected chi connectivity index (χ2v) is 4.90. The third-order valence-corrected chi connectivity index (χ3v) is 3.57. The Bertz CT molecular complexity index is 514. The van der Waals surface area contributed by atoms with Gasteiger partial charge in [-0.3, -0.25) is 0 Å².